The summed E-state index contributed by atoms with van der Waals surface area (Å²) in [6.07, 6.45) is 1.66. The Morgan fingerprint density at radius 3 is 2.72 bits per heavy atom. The second-order valence-electron chi connectivity index (χ2n) is 5.40. The smallest absolute Gasteiger partial charge is 0.263 e. The molecule has 0 unspecified atom stereocenters. The van der Waals surface area contributed by atoms with Crippen molar-refractivity contribution in [3.8, 4) is 11.3 Å². The van der Waals surface area contributed by atoms with Gasteiger partial charge in [0.25, 0.3) is 11.5 Å². The number of rotatable bonds is 2. The van der Waals surface area contributed by atoms with Crippen LogP contribution in [-0.2, 0) is 4.79 Å². The quantitative estimate of drug-likeness (QED) is 0.539. The van der Waals surface area contributed by atoms with Crippen LogP contribution in [0.15, 0.2) is 58.2 Å². The zero-order chi connectivity index (χ0) is 17.4. The molecular formula is C18H11N3O2S2. The molecule has 7 heteroatoms. The fourth-order valence-corrected chi connectivity index (χ4v) is 3.60. The molecule has 4 rings (SSSR count). The number of H-pyrrole nitrogens is 1. The monoisotopic (exact) mass is 365 g/mol. The maximum atomic E-state index is 12.4. The Labute approximate surface area is 152 Å². The lowest BCUT2D eigenvalue weighted by Gasteiger charge is -2.04. The summed E-state index contributed by atoms with van der Waals surface area (Å²) in [4.78, 5) is 32.0. The van der Waals surface area contributed by atoms with Crippen molar-refractivity contribution < 1.29 is 4.79 Å². The van der Waals surface area contributed by atoms with Crippen molar-refractivity contribution in [2.24, 2.45) is 0 Å². The first-order valence-corrected chi connectivity index (χ1v) is 8.67. The fourth-order valence-electron chi connectivity index (χ4n) is 2.57. The molecular weight excluding hydrogens is 354 g/mol. The molecule has 3 aromatic rings. The number of nitrogens with zero attached hydrogens (tertiary/aromatic N) is 1. The van der Waals surface area contributed by atoms with E-state index in [4.69, 9.17) is 12.2 Å². The first-order chi connectivity index (χ1) is 12.1. The Bertz CT molecular complexity index is 1120. The van der Waals surface area contributed by atoms with E-state index < -0.39 is 0 Å². The van der Waals surface area contributed by atoms with Gasteiger partial charge in [0.15, 0.2) is 0 Å². The molecule has 0 atom stereocenters. The zero-order valence-electron chi connectivity index (χ0n) is 12.8. The summed E-state index contributed by atoms with van der Waals surface area (Å²) >= 11 is 6.18. The van der Waals surface area contributed by atoms with Crippen molar-refractivity contribution in [2.75, 3.05) is 0 Å². The van der Waals surface area contributed by atoms with Crippen molar-refractivity contribution in [3.63, 3.8) is 0 Å². The normalized spacial score (nSPS) is 15.8. The number of aromatic nitrogens is 2. The highest BCUT2D eigenvalue weighted by atomic mass is 32.2. The predicted octanol–water partition coefficient (Wildman–Crippen LogP) is 3.08. The molecule has 5 nitrogen and oxygen atoms in total. The van der Waals surface area contributed by atoms with Crippen molar-refractivity contribution in [2.45, 2.75) is 0 Å². The van der Waals surface area contributed by atoms with Gasteiger partial charge in [-0.25, -0.2) is 4.98 Å². The molecule has 0 bridgehead atoms. The van der Waals surface area contributed by atoms with E-state index in [0.29, 0.717) is 26.2 Å². The number of aromatic amines is 1. The second kappa shape index (κ2) is 6.27. The second-order valence-corrected chi connectivity index (χ2v) is 7.12. The van der Waals surface area contributed by atoms with Crippen molar-refractivity contribution >= 4 is 51.2 Å². The average molecular weight is 365 g/mol. The van der Waals surface area contributed by atoms with Crippen molar-refractivity contribution in [1.29, 1.82) is 0 Å². The lowest BCUT2D eigenvalue weighted by molar-refractivity contribution is -0.115. The summed E-state index contributed by atoms with van der Waals surface area (Å²) in [7, 11) is 0. The number of carbonyl (C=O) groups excluding carboxylic acids is 1. The molecule has 3 heterocycles. The van der Waals surface area contributed by atoms with Crippen LogP contribution in [-0.4, -0.2) is 20.2 Å². The number of nitrogens with one attached hydrogen (secondary N) is 2. The number of amides is 1. The van der Waals surface area contributed by atoms with Crippen LogP contribution >= 0.6 is 24.0 Å². The minimum atomic E-state index is -0.231. The predicted molar refractivity (Wildman–Crippen MR) is 104 cm³/mol. The molecule has 1 fully saturated rings. The minimum absolute atomic E-state index is 0.204. The van der Waals surface area contributed by atoms with Gasteiger partial charge in [-0.1, -0.05) is 48.2 Å². The molecule has 0 spiro atoms. The number of pyridine rings is 2. The molecule has 122 valence electrons. The van der Waals surface area contributed by atoms with Gasteiger partial charge in [0, 0.05) is 5.52 Å². The van der Waals surface area contributed by atoms with Crippen LogP contribution in [0.4, 0.5) is 0 Å². The van der Waals surface area contributed by atoms with E-state index in [1.807, 2.05) is 30.3 Å². The van der Waals surface area contributed by atoms with Gasteiger partial charge in [0.1, 0.15) is 4.32 Å². The Balaban J connectivity index is 1.79. The summed E-state index contributed by atoms with van der Waals surface area (Å²) in [5, 5.41) is 3.50. The van der Waals surface area contributed by atoms with Gasteiger partial charge in [0.05, 0.1) is 21.9 Å². The molecule has 0 aliphatic carbocycles. The third-order valence-electron chi connectivity index (χ3n) is 3.72. The Kier molecular flexibility index (Phi) is 3.95. The molecule has 0 radical (unpaired) electrons. The van der Waals surface area contributed by atoms with Gasteiger partial charge in [0.2, 0.25) is 0 Å². The van der Waals surface area contributed by atoms with Crippen LogP contribution < -0.4 is 10.9 Å². The van der Waals surface area contributed by atoms with Crippen molar-refractivity contribution in [3.05, 3.63) is 69.5 Å². The summed E-state index contributed by atoms with van der Waals surface area (Å²) in [6, 6.07) is 14.7. The summed E-state index contributed by atoms with van der Waals surface area (Å²) in [5.41, 5.74) is 2.20. The highest BCUT2D eigenvalue weighted by Gasteiger charge is 2.22. The topological polar surface area (TPSA) is 74.8 Å². The minimum Gasteiger partial charge on any atom is -0.321 e. The van der Waals surface area contributed by atoms with Crippen LogP contribution in [0.3, 0.4) is 0 Å². The first-order valence-electron chi connectivity index (χ1n) is 7.44. The van der Waals surface area contributed by atoms with Gasteiger partial charge in [-0.2, -0.15) is 0 Å². The molecule has 1 amide bonds. The Morgan fingerprint density at radius 1 is 1.08 bits per heavy atom. The molecule has 1 aliphatic heterocycles. The number of hydrogen-bond acceptors (Lipinski definition) is 5. The SMILES string of the molecule is O=C1NC(=S)SC1=Cc1cccc(-c2cc3ccccc3[nH]c2=O)n1. The van der Waals surface area contributed by atoms with Gasteiger partial charge < -0.3 is 10.3 Å². The van der Waals surface area contributed by atoms with Crippen LogP contribution in [0.1, 0.15) is 5.69 Å². The molecule has 1 aromatic carbocycles. The number of fused-ring (bicyclic) bond motifs is 1. The number of thioether (sulfide) groups is 1. The third kappa shape index (κ3) is 3.11. The van der Waals surface area contributed by atoms with E-state index in [-0.39, 0.29) is 11.5 Å². The molecule has 2 N–H and O–H groups in total. The number of hydrogen-bond donors (Lipinski definition) is 2. The van der Waals surface area contributed by atoms with E-state index in [1.165, 1.54) is 11.8 Å². The van der Waals surface area contributed by atoms with Crippen LogP contribution in [0, 0.1) is 0 Å². The van der Waals surface area contributed by atoms with E-state index >= 15 is 0 Å². The Morgan fingerprint density at radius 2 is 1.92 bits per heavy atom. The molecule has 25 heavy (non-hydrogen) atoms. The number of para-hydroxylation sites is 1. The first kappa shape index (κ1) is 15.7. The van der Waals surface area contributed by atoms with Gasteiger partial charge in [-0.05, 0) is 35.7 Å². The van der Waals surface area contributed by atoms with Crippen LogP contribution in [0.2, 0.25) is 0 Å². The lowest BCUT2D eigenvalue weighted by Crippen LogP contribution is -2.17. The summed E-state index contributed by atoms with van der Waals surface area (Å²) < 4.78 is 0.429. The fraction of sp³-hybridized carbons (Fsp3) is 0. The number of benzene rings is 1. The zero-order valence-corrected chi connectivity index (χ0v) is 14.4. The van der Waals surface area contributed by atoms with Gasteiger partial charge in [-0.3, -0.25) is 9.59 Å². The van der Waals surface area contributed by atoms with Gasteiger partial charge >= 0.3 is 0 Å². The van der Waals surface area contributed by atoms with E-state index in [0.717, 1.165) is 10.9 Å². The highest BCUT2D eigenvalue weighted by molar-refractivity contribution is 8.26. The molecule has 1 aliphatic rings. The van der Waals surface area contributed by atoms with E-state index in [9.17, 15) is 9.59 Å². The average Bonchev–Trinajstić information content (AvgIpc) is 2.91. The molecule has 0 saturated carbocycles. The third-order valence-corrected chi connectivity index (χ3v) is 4.88. The standard InChI is InChI=1S/C18H11N3O2S2/c22-16-12(8-10-4-1-2-6-13(10)20-16)14-7-3-5-11(19-14)9-15-17(23)21-18(24)25-15/h1-9H,(H,20,22)(H,21,23,24). The molecule has 1 saturated heterocycles. The van der Waals surface area contributed by atoms with Crippen LogP contribution in [0.5, 0.6) is 0 Å². The van der Waals surface area contributed by atoms with E-state index in [1.54, 1.807) is 24.3 Å². The van der Waals surface area contributed by atoms with Crippen molar-refractivity contribution in [1.82, 2.24) is 15.3 Å². The highest BCUT2D eigenvalue weighted by Crippen LogP contribution is 2.26. The Hall–Kier alpha value is -2.77. The molecule has 2 aromatic heterocycles. The summed E-state index contributed by atoms with van der Waals surface area (Å²) in [6.45, 7) is 0. The van der Waals surface area contributed by atoms with Gasteiger partial charge in [-0.15, -0.1) is 0 Å². The van der Waals surface area contributed by atoms with Crippen LogP contribution in [0.25, 0.3) is 28.2 Å². The number of thiocarbonyl (C=S) groups is 1. The lowest BCUT2D eigenvalue weighted by atomic mass is 10.1. The van der Waals surface area contributed by atoms with E-state index in [2.05, 4.69) is 15.3 Å². The maximum absolute atomic E-state index is 12.4. The summed E-state index contributed by atoms with van der Waals surface area (Å²) in [5.74, 6) is -0.231. The number of carbonyl (C=O) groups is 1. The maximum Gasteiger partial charge on any atom is 0.263 e. The largest absolute Gasteiger partial charge is 0.321 e.